The monoisotopic (exact) mass is 288 g/mol. The zero-order valence-electron chi connectivity index (χ0n) is 10.9. The van der Waals surface area contributed by atoms with Gasteiger partial charge in [0.2, 0.25) is 0 Å². The van der Waals surface area contributed by atoms with Gasteiger partial charge in [0, 0.05) is 35.0 Å². The number of carbonyl (C=O) groups is 1. The Balaban J connectivity index is 2.77. The summed E-state index contributed by atoms with van der Waals surface area (Å²) in [6.07, 6.45) is 2.25. The summed E-state index contributed by atoms with van der Waals surface area (Å²) in [7, 11) is 0.357. The van der Waals surface area contributed by atoms with E-state index in [1.165, 1.54) is 13.2 Å². The lowest BCUT2D eigenvalue weighted by atomic mass is 10.1. The second-order valence-corrected chi connectivity index (χ2v) is 5.52. The van der Waals surface area contributed by atoms with E-state index < -0.39 is 22.6 Å². The van der Waals surface area contributed by atoms with Crippen molar-refractivity contribution in [1.29, 1.82) is 0 Å². The van der Waals surface area contributed by atoms with Gasteiger partial charge in [0.05, 0.1) is 18.4 Å². The molecule has 1 atom stereocenters. The summed E-state index contributed by atoms with van der Waals surface area (Å²) in [5.41, 5.74) is 5.88. The number of rotatable bonds is 6. The maximum absolute atomic E-state index is 13.6. The molecule has 0 radical (unpaired) electrons. The third kappa shape index (κ3) is 4.51. The average molecular weight is 288 g/mol. The lowest BCUT2D eigenvalue weighted by molar-refractivity contribution is 0.0602. The molecule has 0 saturated heterocycles. The Morgan fingerprint density at radius 2 is 2.21 bits per heavy atom. The zero-order valence-corrected chi connectivity index (χ0v) is 11.7. The summed E-state index contributed by atoms with van der Waals surface area (Å²) in [6.45, 7) is 0.459. The van der Waals surface area contributed by atoms with Gasteiger partial charge in [-0.3, -0.25) is 4.21 Å². The van der Waals surface area contributed by atoms with Gasteiger partial charge in [-0.25, -0.2) is 9.18 Å². The molecule has 1 aromatic carbocycles. The number of halogens is 1. The number of carbonyl (C=O) groups excluding carboxylic acids is 1. The van der Waals surface area contributed by atoms with Crippen molar-refractivity contribution in [3.63, 3.8) is 0 Å². The summed E-state index contributed by atoms with van der Waals surface area (Å²) in [6, 6.07) is 2.39. The molecule has 0 heterocycles. The molecule has 0 aliphatic rings. The normalized spacial score (nSPS) is 11.9. The van der Waals surface area contributed by atoms with Crippen molar-refractivity contribution in [3.05, 3.63) is 23.5 Å². The third-order valence-electron chi connectivity index (χ3n) is 2.47. The molecule has 0 fully saturated rings. The molecule has 19 heavy (non-hydrogen) atoms. The van der Waals surface area contributed by atoms with Gasteiger partial charge in [0.25, 0.3) is 0 Å². The SMILES string of the molecule is COC(=O)c1cc(NCCCS(C)=O)c(F)cc1N. The summed E-state index contributed by atoms with van der Waals surface area (Å²) >= 11 is 0. The minimum Gasteiger partial charge on any atom is -0.465 e. The van der Waals surface area contributed by atoms with Crippen LogP contribution in [0.2, 0.25) is 0 Å². The Labute approximate surface area is 113 Å². The summed E-state index contributed by atoms with van der Waals surface area (Å²) in [4.78, 5) is 11.4. The highest BCUT2D eigenvalue weighted by atomic mass is 32.2. The Hall–Kier alpha value is -1.63. The van der Waals surface area contributed by atoms with Crippen LogP contribution < -0.4 is 11.1 Å². The Bertz CT molecular complexity index is 494. The van der Waals surface area contributed by atoms with Crippen molar-refractivity contribution in [1.82, 2.24) is 0 Å². The minimum absolute atomic E-state index is 0.0320. The Kier molecular flexibility index (Phi) is 5.75. The molecule has 0 bridgehead atoms. The fourth-order valence-corrected chi connectivity index (χ4v) is 2.06. The van der Waals surface area contributed by atoms with Crippen LogP contribution in [0.5, 0.6) is 0 Å². The van der Waals surface area contributed by atoms with E-state index in [0.717, 1.165) is 6.07 Å². The second-order valence-electron chi connectivity index (χ2n) is 3.97. The van der Waals surface area contributed by atoms with Gasteiger partial charge in [0.15, 0.2) is 0 Å². The molecule has 0 spiro atoms. The lowest BCUT2D eigenvalue weighted by Gasteiger charge is -2.10. The van der Waals surface area contributed by atoms with Gasteiger partial charge < -0.3 is 15.8 Å². The molecular weight excluding hydrogens is 271 g/mol. The predicted octanol–water partition coefficient (Wildman–Crippen LogP) is 1.37. The topological polar surface area (TPSA) is 81.4 Å². The van der Waals surface area contributed by atoms with Gasteiger partial charge in [-0.1, -0.05) is 0 Å². The molecule has 0 amide bonds. The van der Waals surface area contributed by atoms with Gasteiger partial charge in [-0.15, -0.1) is 0 Å². The van der Waals surface area contributed by atoms with E-state index in [9.17, 15) is 13.4 Å². The van der Waals surface area contributed by atoms with Gasteiger partial charge >= 0.3 is 5.97 Å². The molecule has 0 saturated carbocycles. The summed E-state index contributed by atoms with van der Waals surface area (Å²) < 4.78 is 29.1. The molecule has 3 N–H and O–H groups in total. The molecular formula is C12H17FN2O3S. The number of nitrogens with one attached hydrogen (secondary N) is 1. The number of hydrogen-bond donors (Lipinski definition) is 2. The van der Waals surface area contributed by atoms with Gasteiger partial charge in [-0.2, -0.15) is 0 Å². The molecule has 0 aromatic heterocycles. The highest BCUT2D eigenvalue weighted by molar-refractivity contribution is 7.84. The Morgan fingerprint density at radius 1 is 1.53 bits per heavy atom. The van der Waals surface area contributed by atoms with Gasteiger partial charge in [0.1, 0.15) is 5.82 Å². The Morgan fingerprint density at radius 3 is 2.79 bits per heavy atom. The predicted molar refractivity (Wildman–Crippen MR) is 74.2 cm³/mol. The van der Waals surface area contributed by atoms with E-state index in [4.69, 9.17) is 5.73 Å². The average Bonchev–Trinajstić information content (AvgIpc) is 2.35. The zero-order chi connectivity index (χ0) is 14.4. The molecule has 0 aliphatic heterocycles. The second kappa shape index (κ2) is 7.08. The maximum atomic E-state index is 13.6. The van der Waals surface area contributed by atoms with E-state index in [1.54, 1.807) is 6.26 Å². The fraction of sp³-hybridized carbons (Fsp3) is 0.417. The summed E-state index contributed by atoms with van der Waals surface area (Å²) in [5, 5.41) is 2.84. The van der Waals surface area contributed by atoms with Crippen molar-refractivity contribution in [3.8, 4) is 0 Å². The number of hydrogen-bond acceptors (Lipinski definition) is 5. The molecule has 1 rings (SSSR count). The van der Waals surface area contributed by atoms with Crippen LogP contribution in [-0.2, 0) is 15.5 Å². The maximum Gasteiger partial charge on any atom is 0.340 e. The van der Waals surface area contributed by atoms with Crippen molar-refractivity contribution in [2.45, 2.75) is 6.42 Å². The number of methoxy groups -OCH3 is 1. The van der Waals surface area contributed by atoms with E-state index in [-0.39, 0.29) is 16.9 Å². The van der Waals surface area contributed by atoms with Crippen LogP contribution in [0.25, 0.3) is 0 Å². The van der Waals surface area contributed by atoms with E-state index in [2.05, 4.69) is 10.1 Å². The number of esters is 1. The number of nitrogens with two attached hydrogens (primary N) is 1. The number of ether oxygens (including phenoxy) is 1. The van der Waals surface area contributed by atoms with Crippen LogP contribution in [0.3, 0.4) is 0 Å². The minimum atomic E-state index is -0.873. The van der Waals surface area contributed by atoms with Crippen molar-refractivity contribution in [2.24, 2.45) is 0 Å². The van der Waals surface area contributed by atoms with Crippen LogP contribution in [0, 0.1) is 5.82 Å². The molecule has 0 aliphatic carbocycles. The number of benzene rings is 1. The highest BCUT2D eigenvalue weighted by Gasteiger charge is 2.14. The van der Waals surface area contributed by atoms with Crippen molar-refractivity contribution < 1.29 is 18.1 Å². The first-order valence-corrected chi connectivity index (χ1v) is 7.39. The quantitative estimate of drug-likeness (QED) is 0.469. The van der Waals surface area contributed by atoms with Crippen molar-refractivity contribution in [2.75, 3.05) is 36.7 Å². The standard InChI is InChI=1S/C12H17FN2O3S/c1-18-12(16)8-6-11(9(13)7-10(8)14)15-4-3-5-19(2)17/h6-7,15H,3-5,14H2,1-2H3. The summed E-state index contributed by atoms with van der Waals surface area (Å²) in [5.74, 6) is -0.619. The first kappa shape index (κ1) is 15.4. The van der Waals surface area contributed by atoms with Crippen LogP contribution in [0.1, 0.15) is 16.8 Å². The van der Waals surface area contributed by atoms with E-state index >= 15 is 0 Å². The van der Waals surface area contributed by atoms with Crippen LogP contribution in [-0.4, -0.2) is 35.8 Å². The fourth-order valence-electron chi connectivity index (χ4n) is 1.51. The smallest absolute Gasteiger partial charge is 0.340 e. The van der Waals surface area contributed by atoms with Gasteiger partial charge in [-0.05, 0) is 18.6 Å². The molecule has 1 aromatic rings. The lowest BCUT2D eigenvalue weighted by Crippen LogP contribution is -2.11. The highest BCUT2D eigenvalue weighted by Crippen LogP contribution is 2.22. The first-order valence-electron chi connectivity index (χ1n) is 5.67. The number of nitrogen functional groups attached to an aromatic ring is 1. The van der Waals surface area contributed by atoms with Crippen molar-refractivity contribution >= 4 is 28.1 Å². The number of anilines is 2. The molecule has 106 valence electrons. The largest absolute Gasteiger partial charge is 0.465 e. The van der Waals surface area contributed by atoms with Crippen LogP contribution in [0.4, 0.5) is 15.8 Å². The first-order chi connectivity index (χ1) is 8.95. The van der Waals surface area contributed by atoms with E-state index in [1.807, 2.05) is 0 Å². The third-order valence-corrected chi connectivity index (χ3v) is 3.33. The molecule has 7 heteroatoms. The van der Waals surface area contributed by atoms with Crippen LogP contribution in [0.15, 0.2) is 12.1 Å². The van der Waals surface area contributed by atoms with Crippen LogP contribution >= 0.6 is 0 Å². The van der Waals surface area contributed by atoms with E-state index in [0.29, 0.717) is 18.7 Å². The molecule has 1 unspecified atom stereocenters. The molecule has 5 nitrogen and oxygen atoms in total.